The molecule has 174 valence electrons. The Morgan fingerprint density at radius 3 is 2.38 bits per heavy atom. The van der Waals surface area contributed by atoms with Crippen LogP contribution in [0.25, 0.3) is 0 Å². The molecule has 2 aromatic carbocycles. The van der Waals surface area contributed by atoms with Gasteiger partial charge in [0.05, 0.1) is 11.9 Å². The van der Waals surface area contributed by atoms with Gasteiger partial charge in [-0.15, -0.1) is 0 Å². The van der Waals surface area contributed by atoms with Gasteiger partial charge in [0, 0.05) is 13.1 Å². The molecule has 7 heteroatoms. The zero-order valence-electron chi connectivity index (χ0n) is 19.6. The molecule has 0 bridgehead atoms. The number of benzene rings is 2. The van der Waals surface area contributed by atoms with Crippen LogP contribution in [-0.2, 0) is 27.9 Å². The van der Waals surface area contributed by atoms with Gasteiger partial charge in [0.2, 0.25) is 15.9 Å². The topological polar surface area (TPSA) is 69.7 Å². The van der Waals surface area contributed by atoms with E-state index in [1.165, 1.54) is 29.1 Å². The fourth-order valence-corrected chi connectivity index (χ4v) is 5.39. The molecule has 1 amide bonds. The second-order valence-electron chi connectivity index (χ2n) is 8.88. The number of rotatable bonds is 8. The second-order valence-corrected chi connectivity index (χ2v) is 10.7. The van der Waals surface area contributed by atoms with Crippen molar-refractivity contribution < 1.29 is 13.2 Å². The Labute approximate surface area is 192 Å². The molecule has 1 fully saturated rings. The van der Waals surface area contributed by atoms with E-state index in [0.717, 1.165) is 42.6 Å². The first kappa shape index (κ1) is 24.3. The first-order valence-electron chi connectivity index (χ1n) is 11.3. The van der Waals surface area contributed by atoms with Gasteiger partial charge in [0.1, 0.15) is 6.04 Å². The number of amides is 1. The summed E-state index contributed by atoms with van der Waals surface area (Å²) in [6, 6.07) is 12.8. The smallest absolute Gasteiger partial charge is 0.243 e. The third-order valence-corrected chi connectivity index (χ3v) is 7.39. The van der Waals surface area contributed by atoms with Gasteiger partial charge in [0.15, 0.2) is 0 Å². The van der Waals surface area contributed by atoms with E-state index in [1.54, 1.807) is 13.0 Å². The highest BCUT2D eigenvalue weighted by molar-refractivity contribution is 7.92. The summed E-state index contributed by atoms with van der Waals surface area (Å²) in [6.07, 6.45) is 4.96. The second kappa shape index (κ2) is 10.5. The number of hydrogen-bond donors (Lipinski definition) is 1. The Balaban J connectivity index is 1.67. The number of carbonyl (C=O) groups is 1. The lowest BCUT2D eigenvalue weighted by molar-refractivity contribution is -0.122. The van der Waals surface area contributed by atoms with Crippen molar-refractivity contribution in [1.82, 2.24) is 10.2 Å². The van der Waals surface area contributed by atoms with E-state index in [2.05, 4.69) is 22.3 Å². The Morgan fingerprint density at radius 1 is 1.03 bits per heavy atom. The van der Waals surface area contributed by atoms with Crippen LogP contribution in [0.15, 0.2) is 42.5 Å². The molecule has 1 heterocycles. The zero-order valence-corrected chi connectivity index (χ0v) is 20.4. The normalized spacial score (nSPS) is 15.9. The SMILES string of the molecule is Cc1ccc(N([C@@H](C)C(=O)NCc2cccc(CN3CCCCC3)c2)S(C)(=O)=O)cc1C. The number of sulfonamides is 1. The van der Waals surface area contributed by atoms with Crippen molar-refractivity contribution >= 4 is 21.6 Å². The van der Waals surface area contributed by atoms with E-state index in [0.29, 0.717) is 12.2 Å². The van der Waals surface area contributed by atoms with Gasteiger partial charge in [-0.1, -0.05) is 36.8 Å². The summed E-state index contributed by atoms with van der Waals surface area (Å²) in [5.74, 6) is -0.324. The Morgan fingerprint density at radius 2 is 1.72 bits per heavy atom. The van der Waals surface area contributed by atoms with Gasteiger partial charge in [-0.25, -0.2) is 8.42 Å². The van der Waals surface area contributed by atoms with Crippen molar-refractivity contribution in [3.05, 3.63) is 64.7 Å². The van der Waals surface area contributed by atoms with Crippen molar-refractivity contribution in [3.63, 3.8) is 0 Å². The molecule has 32 heavy (non-hydrogen) atoms. The molecular formula is C25H35N3O3S. The average molecular weight is 458 g/mol. The molecule has 0 aliphatic carbocycles. The van der Waals surface area contributed by atoms with Crippen LogP contribution in [0.5, 0.6) is 0 Å². The average Bonchev–Trinajstić information content (AvgIpc) is 2.74. The van der Waals surface area contributed by atoms with Gasteiger partial charge >= 0.3 is 0 Å². The Bertz CT molecular complexity index is 1050. The van der Waals surface area contributed by atoms with Crippen molar-refractivity contribution in [3.8, 4) is 0 Å². The maximum Gasteiger partial charge on any atom is 0.243 e. The molecule has 0 unspecified atom stereocenters. The van der Waals surface area contributed by atoms with E-state index in [-0.39, 0.29) is 5.91 Å². The molecule has 0 radical (unpaired) electrons. The zero-order chi connectivity index (χ0) is 23.3. The van der Waals surface area contributed by atoms with Crippen LogP contribution in [0, 0.1) is 13.8 Å². The van der Waals surface area contributed by atoms with E-state index >= 15 is 0 Å². The van der Waals surface area contributed by atoms with Crippen LogP contribution in [0.4, 0.5) is 5.69 Å². The predicted molar refractivity (Wildman–Crippen MR) is 130 cm³/mol. The standard InChI is InChI=1S/C25H35N3O3S/c1-19-11-12-24(15-20(19)2)28(32(4,30)31)21(3)25(29)26-17-22-9-8-10-23(16-22)18-27-13-6-5-7-14-27/h8-12,15-16,21H,5-7,13-14,17-18H2,1-4H3,(H,26,29)/t21-/m0/s1. The summed E-state index contributed by atoms with van der Waals surface area (Å²) in [6.45, 7) is 9.09. The number of carbonyl (C=O) groups excluding carboxylic acids is 1. The van der Waals surface area contributed by atoms with Gasteiger partial charge in [0.25, 0.3) is 0 Å². The number of aryl methyl sites for hydroxylation is 2. The minimum Gasteiger partial charge on any atom is -0.350 e. The predicted octanol–water partition coefficient (Wildman–Crippen LogP) is 3.76. The quantitative estimate of drug-likeness (QED) is 0.655. The van der Waals surface area contributed by atoms with Crippen LogP contribution in [-0.4, -0.2) is 44.6 Å². The highest BCUT2D eigenvalue weighted by Crippen LogP contribution is 2.24. The summed E-state index contributed by atoms with van der Waals surface area (Å²) in [5, 5.41) is 2.92. The summed E-state index contributed by atoms with van der Waals surface area (Å²) < 4.78 is 26.2. The lowest BCUT2D eigenvalue weighted by atomic mass is 10.1. The van der Waals surface area contributed by atoms with E-state index in [4.69, 9.17) is 0 Å². The summed E-state index contributed by atoms with van der Waals surface area (Å²) in [4.78, 5) is 15.4. The first-order valence-corrected chi connectivity index (χ1v) is 13.1. The number of likely N-dealkylation sites (tertiary alicyclic amines) is 1. The number of nitrogens with one attached hydrogen (secondary N) is 1. The Kier molecular flexibility index (Phi) is 7.96. The minimum atomic E-state index is -3.63. The summed E-state index contributed by atoms with van der Waals surface area (Å²) >= 11 is 0. The molecule has 0 aromatic heterocycles. The summed E-state index contributed by atoms with van der Waals surface area (Å²) in [7, 11) is -3.63. The largest absolute Gasteiger partial charge is 0.350 e. The van der Waals surface area contributed by atoms with Crippen molar-refractivity contribution in [1.29, 1.82) is 0 Å². The fraction of sp³-hybridized carbons (Fsp3) is 0.480. The third kappa shape index (κ3) is 6.33. The summed E-state index contributed by atoms with van der Waals surface area (Å²) in [5.41, 5.74) is 4.80. The molecule has 1 atom stereocenters. The molecule has 1 saturated heterocycles. The minimum absolute atomic E-state index is 0.324. The lowest BCUT2D eigenvalue weighted by Gasteiger charge is -2.29. The molecular weight excluding hydrogens is 422 g/mol. The van der Waals surface area contributed by atoms with E-state index in [1.807, 2.05) is 38.1 Å². The lowest BCUT2D eigenvalue weighted by Crippen LogP contribution is -2.47. The monoisotopic (exact) mass is 457 g/mol. The number of piperidine rings is 1. The maximum absolute atomic E-state index is 12.9. The number of anilines is 1. The maximum atomic E-state index is 12.9. The molecule has 1 N–H and O–H groups in total. The van der Waals surface area contributed by atoms with Crippen molar-refractivity contribution in [2.45, 2.75) is 59.2 Å². The van der Waals surface area contributed by atoms with E-state index in [9.17, 15) is 13.2 Å². The Hall–Kier alpha value is -2.38. The van der Waals surface area contributed by atoms with Crippen LogP contribution < -0.4 is 9.62 Å². The molecule has 1 aliphatic heterocycles. The number of hydrogen-bond acceptors (Lipinski definition) is 4. The van der Waals surface area contributed by atoms with Crippen LogP contribution in [0.2, 0.25) is 0 Å². The molecule has 2 aromatic rings. The molecule has 0 spiro atoms. The van der Waals surface area contributed by atoms with Crippen molar-refractivity contribution in [2.75, 3.05) is 23.7 Å². The highest BCUT2D eigenvalue weighted by Gasteiger charge is 2.29. The fourth-order valence-electron chi connectivity index (χ4n) is 4.22. The van der Waals surface area contributed by atoms with E-state index < -0.39 is 16.1 Å². The van der Waals surface area contributed by atoms with Crippen LogP contribution in [0.1, 0.15) is 48.4 Å². The van der Waals surface area contributed by atoms with Crippen LogP contribution in [0.3, 0.4) is 0 Å². The molecule has 6 nitrogen and oxygen atoms in total. The number of nitrogens with zero attached hydrogens (tertiary/aromatic N) is 2. The highest BCUT2D eigenvalue weighted by atomic mass is 32.2. The first-order chi connectivity index (χ1) is 15.1. The van der Waals surface area contributed by atoms with Gasteiger partial charge < -0.3 is 5.32 Å². The molecule has 0 saturated carbocycles. The van der Waals surface area contributed by atoms with Gasteiger partial charge in [-0.3, -0.25) is 14.0 Å². The molecule has 3 rings (SSSR count). The van der Waals surface area contributed by atoms with Crippen LogP contribution >= 0.6 is 0 Å². The third-order valence-electron chi connectivity index (χ3n) is 6.15. The molecule has 1 aliphatic rings. The van der Waals surface area contributed by atoms with Gasteiger partial charge in [-0.05, 0) is 81.1 Å². The van der Waals surface area contributed by atoms with Gasteiger partial charge in [-0.2, -0.15) is 0 Å². The van der Waals surface area contributed by atoms with Crippen molar-refractivity contribution in [2.24, 2.45) is 0 Å².